The molecule has 13 heteroatoms. The van der Waals surface area contributed by atoms with Gasteiger partial charge in [-0.1, -0.05) is 5.16 Å². The third-order valence-electron chi connectivity index (χ3n) is 5.64. The first kappa shape index (κ1) is 28.0. The Balaban J connectivity index is 1.47. The number of carbonyl (C=O) groups excluding carboxylic acids is 1. The molecule has 210 valence electrons. The zero-order valence-corrected chi connectivity index (χ0v) is 23.6. The molecule has 1 unspecified atom stereocenters. The van der Waals surface area contributed by atoms with Gasteiger partial charge in [-0.2, -0.15) is 0 Å². The quantitative estimate of drug-likeness (QED) is 0.337. The zero-order chi connectivity index (χ0) is 28.2. The van der Waals surface area contributed by atoms with Crippen LogP contribution in [0.2, 0.25) is 0 Å². The first-order valence-corrected chi connectivity index (χ1v) is 13.3. The van der Waals surface area contributed by atoms with Crippen LogP contribution in [0.3, 0.4) is 0 Å². The minimum absolute atomic E-state index is 0.270. The molecule has 3 N–H and O–H groups in total. The van der Waals surface area contributed by atoms with E-state index in [1.165, 1.54) is 14.2 Å². The fourth-order valence-corrected chi connectivity index (χ4v) is 4.89. The molecular weight excluding hydrogens is 526 g/mol. The van der Waals surface area contributed by atoms with Crippen molar-refractivity contribution in [2.24, 2.45) is 0 Å². The highest BCUT2D eigenvalue weighted by Crippen LogP contribution is 2.35. The highest BCUT2D eigenvalue weighted by atomic mass is 32.2. The van der Waals surface area contributed by atoms with Gasteiger partial charge in [0, 0.05) is 25.4 Å². The number of hydrogen-bond acceptors (Lipinski definition) is 10. The summed E-state index contributed by atoms with van der Waals surface area (Å²) in [6.45, 7) is 6.92. The zero-order valence-electron chi connectivity index (χ0n) is 22.7. The van der Waals surface area contributed by atoms with Crippen LogP contribution in [0, 0.1) is 0 Å². The van der Waals surface area contributed by atoms with E-state index >= 15 is 0 Å². The van der Waals surface area contributed by atoms with Crippen LogP contribution in [0.25, 0.3) is 11.0 Å². The molecule has 0 spiro atoms. The largest absolute Gasteiger partial charge is 0.497 e. The number of hydrazine groups is 1. The van der Waals surface area contributed by atoms with E-state index in [9.17, 15) is 9.00 Å². The van der Waals surface area contributed by atoms with Crippen molar-refractivity contribution in [1.29, 1.82) is 0 Å². The second-order valence-electron chi connectivity index (χ2n) is 9.70. The molecule has 1 atom stereocenters. The third-order valence-corrected chi connectivity index (χ3v) is 6.73. The van der Waals surface area contributed by atoms with Crippen molar-refractivity contribution >= 4 is 33.9 Å². The number of benzene rings is 2. The van der Waals surface area contributed by atoms with Gasteiger partial charge in [-0.3, -0.25) is 4.72 Å². The topological polar surface area (TPSA) is 136 Å². The minimum Gasteiger partial charge on any atom is -0.497 e. The van der Waals surface area contributed by atoms with Gasteiger partial charge in [0.25, 0.3) is 0 Å². The summed E-state index contributed by atoms with van der Waals surface area (Å²) in [4.78, 5) is 12.3. The Morgan fingerprint density at radius 2 is 1.90 bits per heavy atom. The van der Waals surface area contributed by atoms with Crippen LogP contribution in [0.5, 0.6) is 17.2 Å². The second-order valence-corrected chi connectivity index (χ2v) is 10.9. The Labute approximate surface area is 229 Å². The Morgan fingerprint density at radius 1 is 1.13 bits per heavy atom. The van der Waals surface area contributed by atoms with E-state index < -0.39 is 22.7 Å². The molecule has 4 rings (SSSR count). The molecule has 1 aliphatic rings. The molecule has 0 radical (unpaired) electrons. The predicted octanol–water partition coefficient (Wildman–Crippen LogP) is 3.72. The minimum atomic E-state index is -1.72. The number of nitrogens with one attached hydrogen (secondary N) is 3. The number of methoxy groups -OCH3 is 3. The predicted molar refractivity (Wildman–Crippen MR) is 146 cm³/mol. The second kappa shape index (κ2) is 11.8. The van der Waals surface area contributed by atoms with Gasteiger partial charge in [-0.15, -0.1) is 0 Å². The summed E-state index contributed by atoms with van der Waals surface area (Å²) in [5.74, 6) is 1.76. The molecule has 2 heterocycles. The van der Waals surface area contributed by atoms with Crippen molar-refractivity contribution in [2.75, 3.05) is 39.1 Å². The maximum Gasteiger partial charge on any atom is 0.407 e. The van der Waals surface area contributed by atoms with Crippen molar-refractivity contribution in [1.82, 2.24) is 20.9 Å². The number of aromatic nitrogens is 1. The number of rotatable bonds is 10. The number of nitrogens with zero attached hydrogens (tertiary/aromatic N) is 2. The van der Waals surface area contributed by atoms with Gasteiger partial charge in [0.1, 0.15) is 33.1 Å². The fraction of sp³-hybridized carbons (Fsp3) is 0.385. The van der Waals surface area contributed by atoms with Crippen LogP contribution >= 0.6 is 0 Å². The molecule has 0 bridgehead atoms. The van der Waals surface area contributed by atoms with Crippen LogP contribution in [0.1, 0.15) is 26.3 Å². The molecule has 0 saturated carbocycles. The van der Waals surface area contributed by atoms with E-state index in [0.29, 0.717) is 52.7 Å². The lowest BCUT2D eigenvalue weighted by atomic mass is 10.1. The molecule has 3 aromatic rings. The van der Waals surface area contributed by atoms with Crippen LogP contribution in [-0.4, -0.2) is 60.5 Å². The average molecular weight is 560 g/mol. The lowest BCUT2D eigenvalue weighted by Gasteiger charge is -2.19. The summed E-state index contributed by atoms with van der Waals surface area (Å²) in [5.41, 5.74) is 5.07. The SMILES string of the molecule is COc1ccc(OC)c(S(=O)Nc2noc3cc(CN4C=C(CNC(=O)OC(C)(C)C)CN4)cc(OC)c23)c1. The van der Waals surface area contributed by atoms with E-state index in [2.05, 4.69) is 20.6 Å². The first-order chi connectivity index (χ1) is 18.6. The Kier molecular flexibility index (Phi) is 8.51. The van der Waals surface area contributed by atoms with Gasteiger partial charge in [0.05, 0.1) is 27.9 Å². The lowest BCUT2D eigenvalue weighted by Crippen LogP contribution is -2.34. The number of alkyl carbamates (subject to hydrolysis) is 1. The Hall–Kier alpha value is -3.97. The van der Waals surface area contributed by atoms with Gasteiger partial charge >= 0.3 is 6.09 Å². The summed E-state index contributed by atoms with van der Waals surface area (Å²) in [6.07, 6.45) is 1.48. The molecule has 0 aliphatic carbocycles. The van der Waals surface area contributed by atoms with Crippen molar-refractivity contribution < 1.29 is 32.5 Å². The number of carbonyl (C=O) groups is 1. The first-order valence-electron chi connectivity index (χ1n) is 12.1. The summed E-state index contributed by atoms with van der Waals surface area (Å²) in [6, 6.07) is 8.75. The number of ether oxygens (including phenoxy) is 4. The number of fused-ring (bicyclic) bond motifs is 1. The van der Waals surface area contributed by atoms with Crippen molar-refractivity contribution in [3.8, 4) is 17.2 Å². The van der Waals surface area contributed by atoms with E-state index in [0.717, 1.165) is 11.1 Å². The molecule has 1 amide bonds. The van der Waals surface area contributed by atoms with Crippen LogP contribution in [0.15, 0.2) is 51.5 Å². The van der Waals surface area contributed by atoms with Gasteiger partial charge in [0.2, 0.25) is 0 Å². The number of anilines is 1. The van der Waals surface area contributed by atoms with Crippen molar-refractivity contribution in [2.45, 2.75) is 37.8 Å². The number of hydrogen-bond donors (Lipinski definition) is 3. The smallest absolute Gasteiger partial charge is 0.407 e. The fourth-order valence-electron chi connectivity index (χ4n) is 3.90. The van der Waals surface area contributed by atoms with E-state index in [-0.39, 0.29) is 5.82 Å². The van der Waals surface area contributed by atoms with E-state index in [4.69, 9.17) is 23.5 Å². The summed E-state index contributed by atoms with van der Waals surface area (Å²) in [5, 5.41) is 9.33. The molecular formula is C26H33N5O7S. The molecule has 2 aromatic carbocycles. The third kappa shape index (κ3) is 6.92. The maximum atomic E-state index is 13.2. The average Bonchev–Trinajstić information content (AvgIpc) is 3.52. The maximum absolute atomic E-state index is 13.2. The summed E-state index contributed by atoms with van der Waals surface area (Å²) < 4.78 is 43.1. The molecule has 12 nitrogen and oxygen atoms in total. The van der Waals surface area contributed by atoms with Gasteiger partial charge in [0.15, 0.2) is 22.4 Å². The van der Waals surface area contributed by atoms with Gasteiger partial charge in [-0.05, 0) is 56.2 Å². The van der Waals surface area contributed by atoms with Crippen LogP contribution < -0.4 is 29.7 Å². The van der Waals surface area contributed by atoms with Gasteiger partial charge < -0.3 is 33.8 Å². The number of amides is 1. The lowest BCUT2D eigenvalue weighted by molar-refractivity contribution is 0.0532. The Morgan fingerprint density at radius 3 is 2.59 bits per heavy atom. The molecule has 1 aromatic heterocycles. The molecule has 1 aliphatic heterocycles. The monoisotopic (exact) mass is 559 g/mol. The van der Waals surface area contributed by atoms with Crippen LogP contribution in [0.4, 0.5) is 10.6 Å². The molecule has 39 heavy (non-hydrogen) atoms. The van der Waals surface area contributed by atoms with E-state index in [1.807, 2.05) is 44.1 Å². The van der Waals surface area contributed by atoms with Crippen molar-refractivity contribution in [3.63, 3.8) is 0 Å². The summed E-state index contributed by atoms with van der Waals surface area (Å²) in [7, 11) is 2.86. The normalized spacial score (nSPS) is 14.1. The van der Waals surface area contributed by atoms with E-state index in [1.54, 1.807) is 25.3 Å². The highest BCUT2D eigenvalue weighted by molar-refractivity contribution is 7.86. The highest BCUT2D eigenvalue weighted by Gasteiger charge is 2.22. The van der Waals surface area contributed by atoms with Gasteiger partial charge in [-0.25, -0.2) is 14.4 Å². The van der Waals surface area contributed by atoms with Crippen LogP contribution in [-0.2, 0) is 22.3 Å². The Bertz CT molecular complexity index is 1400. The standard InChI is InChI=1S/C26H33N5O7S/c1-26(2,3)37-25(32)27-12-17-13-28-31(15-17)14-16-9-20(36-6)23-21(10-16)38-29-24(23)30-39(33)22-11-18(34-4)7-8-19(22)35-5/h7-11,15,28H,12-14H2,1-6H3,(H,27,32)(H,29,30). The molecule has 0 fully saturated rings. The summed E-state index contributed by atoms with van der Waals surface area (Å²) >= 11 is 0. The van der Waals surface area contributed by atoms with Crippen molar-refractivity contribution in [3.05, 3.63) is 47.7 Å². The molecule has 0 saturated heterocycles.